The molecule has 0 radical (unpaired) electrons. The van der Waals surface area contributed by atoms with Crippen molar-refractivity contribution >= 4 is 5.97 Å². The summed E-state index contributed by atoms with van der Waals surface area (Å²) in [7, 11) is 1.33. The van der Waals surface area contributed by atoms with Crippen molar-refractivity contribution in [2.45, 2.75) is 50.4 Å². The topological polar surface area (TPSA) is 55.8 Å². The second-order valence-electron chi connectivity index (χ2n) is 5.37. The van der Waals surface area contributed by atoms with Crippen LogP contribution in [0.25, 0.3) is 0 Å². The summed E-state index contributed by atoms with van der Waals surface area (Å²) in [5, 5.41) is 10.1. The smallest absolute Gasteiger partial charge is 0.335 e. The Morgan fingerprint density at radius 3 is 2.69 bits per heavy atom. The van der Waals surface area contributed by atoms with Crippen LogP contribution in [0.3, 0.4) is 0 Å². The predicted octanol–water partition coefficient (Wildman–Crippen LogP) is 0.868. The molecule has 0 aromatic carbocycles. The molecule has 3 fully saturated rings. The van der Waals surface area contributed by atoms with Gasteiger partial charge in [-0.05, 0) is 38.0 Å². The van der Waals surface area contributed by atoms with Crippen molar-refractivity contribution in [2.24, 2.45) is 11.3 Å². The number of aliphatic hydroxyl groups excluding tert-OH is 1. The Hall–Kier alpha value is -0.610. The molecule has 2 aliphatic heterocycles. The number of aliphatic hydroxyl groups is 1. The molecule has 3 rings (SSSR count). The van der Waals surface area contributed by atoms with Crippen LogP contribution in [0.4, 0.5) is 0 Å². The average molecular weight is 226 g/mol. The molecule has 4 unspecified atom stereocenters. The highest BCUT2D eigenvalue weighted by Crippen LogP contribution is 2.62. The second kappa shape index (κ2) is 3.44. The molecule has 2 bridgehead atoms. The highest BCUT2D eigenvalue weighted by Gasteiger charge is 2.62. The SMILES string of the molecule is COC(=O)C(O)C1(C2CC3CCC2O3)CC1. The monoisotopic (exact) mass is 226 g/mol. The fourth-order valence-corrected chi connectivity index (χ4v) is 3.58. The van der Waals surface area contributed by atoms with Crippen LogP contribution in [0.15, 0.2) is 0 Å². The molecule has 0 spiro atoms. The lowest BCUT2D eigenvalue weighted by Gasteiger charge is -2.30. The molecule has 0 aromatic heterocycles. The number of rotatable bonds is 3. The van der Waals surface area contributed by atoms with Gasteiger partial charge in [0.05, 0.1) is 19.3 Å². The number of ether oxygens (including phenoxy) is 2. The molecule has 1 N–H and O–H groups in total. The highest BCUT2D eigenvalue weighted by atomic mass is 16.5. The molecule has 90 valence electrons. The highest BCUT2D eigenvalue weighted by molar-refractivity contribution is 5.76. The summed E-state index contributed by atoms with van der Waals surface area (Å²) >= 11 is 0. The van der Waals surface area contributed by atoms with Gasteiger partial charge in [0.15, 0.2) is 6.10 Å². The van der Waals surface area contributed by atoms with Crippen molar-refractivity contribution in [1.82, 2.24) is 0 Å². The van der Waals surface area contributed by atoms with E-state index in [2.05, 4.69) is 4.74 Å². The Balaban J connectivity index is 1.76. The maximum Gasteiger partial charge on any atom is 0.335 e. The molecule has 4 heteroatoms. The number of methoxy groups -OCH3 is 1. The molecule has 0 amide bonds. The van der Waals surface area contributed by atoms with E-state index >= 15 is 0 Å². The van der Waals surface area contributed by atoms with E-state index in [9.17, 15) is 9.90 Å². The predicted molar refractivity (Wildman–Crippen MR) is 55.7 cm³/mol. The first-order chi connectivity index (χ1) is 7.67. The Morgan fingerprint density at radius 1 is 1.50 bits per heavy atom. The number of carbonyl (C=O) groups is 1. The number of hydrogen-bond donors (Lipinski definition) is 1. The maximum atomic E-state index is 11.4. The molecule has 1 saturated carbocycles. The molecular weight excluding hydrogens is 208 g/mol. The third-order valence-corrected chi connectivity index (χ3v) is 4.64. The van der Waals surface area contributed by atoms with Crippen LogP contribution in [0, 0.1) is 11.3 Å². The Kier molecular flexibility index (Phi) is 2.27. The van der Waals surface area contributed by atoms with E-state index in [1.807, 2.05) is 0 Å². The van der Waals surface area contributed by atoms with Crippen molar-refractivity contribution in [3.63, 3.8) is 0 Å². The zero-order valence-corrected chi connectivity index (χ0v) is 9.52. The van der Waals surface area contributed by atoms with Crippen LogP contribution in [-0.2, 0) is 14.3 Å². The Morgan fingerprint density at radius 2 is 2.25 bits per heavy atom. The minimum atomic E-state index is -0.953. The summed E-state index contributed by atoms with van der Waals surface area (Å²) in [5.74, 6) is -0.124. The third kappa shape index (κ3) is 1.32. The van der Waals surface area contributed by atoms with Gasteiger partial charge in [0.25, 0.3) is 0 Å². The standard InChI is InChI=1S/C12H18O4/c1-15-11(14)10(13)12(4-5-12)8-6-7-2-3-9(8)16-7/h7-10,13H,2-6H2,1H3. The first-order valence-electron chi connectivity index (χ1n) is 6.09. The van der Waals surface area contributed by atoms with Gasteiger partial charge in [-0.2, -0.15) is 0 Å². The fourth-order valence-electron chi connectivity index (χ4n) is 3.58. The average Bonchev–Trinajstić information content (AvgIpc) is 2.84. The first-order valence-corrected chi connectivity index (χ1v) is 6.09. The van der Waals surface area contributed by atoms with Crippen molar-refractivity contribution in [2.75, 3.05) is 7.11 Å². The van der Waals surface area contributed by atoms with Gasteiger partial charge in [-0.3, -0.25) is 0 Å². The van der Waals surface area contributed by atoms with Gasteiger partial charge in [-0.15, -0.1) is 0 Å². The zero-order valence-electron chi connectivity index (χ0n) is 9.52. The molecule has 1 aliphatic carbocycles. The van der Waals surface area contributed by atoms with E-state index in [1.54, 1.807) is 0 Å². The lowest BCUT2D eigenvalue weighted by molar-refractivity contribution is -0.156. The van der Waals surface area contributed by atoms with Crippen LogP contribution in [0.2, 0.25) is 0 Å². The van der Waals surface area contributed by atoms with Gasteiger partial charge in [0.1, 0.15) is 0 Å². The molecule has 2 saturated heterocycles. The summed E-state index contributed by atoms with van der Waals surface area (Å²) in [5.41, 5.74) is -0.229. The van der Waals surface area contributed by atoms with Gasteiger partial charge in [-0.25, -0.2) is 4.79 Å². The number of hydrogen-bond acceptors (Lipinski definition) is 4. The van der Waals surface area contributed by atoms with Gasteiger partial charge in [0, 0.05) is 5.41 Å². The molecule has 4 nitrogen and oxygen atoms in total. The van der Waals surface area contributed by atoms with Crippen molar-refractivity contribution < 1.29 is 19.4 Å². The van der Waals surface area contributed by atoms with E-state index in [0.717, 1.165) is 32.1 Å². The number of fused-ring (bicyclic) bond motifs is 2. The minimum Gasteiger partial charge on any atom is -0.467 e. The van der Waals surface area contributed by atoms with Crippen LogP contribution >= 0.6 is 0 Å². The molecule has 3 aliphatic rings. The first kappa shape index (κ1) is 10.5. The largest absolute Gasteiger partial charge is 0.467 e. The number of esters is 1. The molecule has 16 heavy (non-hydrogen) atoms. The van der Waals surface area contributed by atoms with Crippen molar-refractivity contribution in [1.29, 1.82) is 0 Å². The van der Waals surface area contributed by atoms with Crippen LogP contribution in [0.5, 0.6) is 0 Å². The maximum absolute atomic E-state index is 11.4. The van der Waals surface area contributed by atoms with Gasteiger partial charge in [-0.1, -0.05) is 0 Å². The second-order valence-corrected chi connectivity index (χ2v) is 5.37. The Bertz CT molecular complexity index is 310. The van der Waals surface area contributed by atoms with Gasteiger partial charge in [0.2, 0.25) is 0 Å². The molecule has 4 atom stereocenters. The van der Waals surface area contributed by atoms with Crippen LogP contribution < -0.4 is 0 Å². The van der Waals surface area contributed by atoms with Gasteiger partial charge >= 0.3 is 5.97 Å². The summed E-state index contributed by atoms with van der Waals surface area (Å²) < 4.78 is 10.5. The van der Waals surface area contributed by atoms with Gasteiger partial charge < -0.3 is 14.6 Å². The van der Waals surface area contributed by atoms with Crippen molar-refractivity contribution in [3.8, 4) is 0 Å². The summed E-state index contributed by atoms with van der Waals surface area (Å²) in [6, 6.07) is 0. The lowest BCUT2D eigenvalue weighted by atomic mass is 9.75. The van der Waals surface area contributed by atoms with E-state index in [4.69, 9.17) is 4.74 Å². The molecule has 0 aromatic rings. The van der Waals surface area contributed by atoms with Crippen LogP contribution in [0.1, 0.15) is 32.1 Å². The number of carbonyl (C=O) groups excluding carboxylic acids is 1. The van der Waals surface area contributed by atoms with E-state index in [1.165, 1.54) is 7.11 Å². The van der Waals surface area contributed by atoms with Crippen molar-refractivity contribution in [3.05, 3.63) is 0 Å². The summed E-state index contributed by atoms with van der Waals surface area (Å²) in [4.78, 5) is 11.4. The van der Waals surface area contributed by atoms with Crippen LogP contribution in [-0.4, -0.2) is 36.5 Å². The summed E-state index contributed by atoms with van der Waals surface area (Å²) in [6.45, 7) is 0. The van der Waals surface area contributed by atoms with E-state index in [-0.39, 0.29) is 11.5 Å². The quantitative estimate of drug-likeness (QED) is 0.725. The lowest BCUT2D eigenvalue weighted by Crippen LogP contribution is -2.40. The third-order valence-electron chi connectivity index (χ3n) is 4.64. The Labute approximate surface area is 94.9 Å². The fraction of sp³-hybridized carbons (Fsp3) is 0.917. The van der Waals surface area contributed by atoms with E-state index < -0.39 is 12.1 Å². The summed E-state index contributed by atoms with van der Waals surface area (Å²) in [6.07, 6.45) is 4.80. The minimum absolute atomic E-state index is 0.229. The zero-order chi connectivity index (χ0) is 11.3. The van der Waals surface area contributed by atoms with E-state index in [0.29, 0.717) is 12.0 Å². The normalized spacial score (nSPS) is 40.8. The molecular formula is C12H18O4. The molecule has 2 heterocycles.